The molecule has 2 aromatic carbocycles. The summed E-state index contributed by atoms with van der Waals surface area (Å²) in [6, 6.07) is 14.0. The third-order valence-electron chi connectivity index (χ3n) is 4.79. The van der Waals surface area contributed by atoms with Crippen LogP contribution in [0.2, 0.25) is 5.02 Å². The van der Waals surface area contributed by atoms with Gasteiger partial charge < -0.3 is 19.4 Å². The molecule has 0 saturated heterocycles. The number of hydrogen-bond donors (Lipinski definition) is 2. The Morgan fingerprint density at radius 1 is 1.00 bits per heavy atom. The average Bonchev–Trinajstić information content (AvgIpc) is 3.07. The predicted molar refractivity (Wildman–Crippen MR) is 124 cm³/mol. The van der Waals surface area contributed by atoms with Gasteiger partial charge in [-0.15, -0.1) is 0 Å². The number of amides is 2. The second kappa shape index (κ2) is 10.0. The number of aryl methyl sites for hydroxylation is 1. The summed E-state index contributed by atoms with van der Waals surface area (Å²) in [6.07, 6.45) is 1.49. The zero-order chi connectivity index (χ0) is 23.3. The van der Waals surface area contributed by atoms with Crippen LogP contribution in [0, 0.1) is 13.8 Å². The quantitative estimate of drug-likeness (QED) is 0.336. The number of methoxy groups -OCH3 is 2. The number of halogens is 1. The Balaban J connectivity index is 1.67. The van der Waals surface area contributed by atoms with Gasteiger partial charge in [0.1, 0.15) is 11.5 Å². The molecule has 0 radical (unpaired) electrons. The molecule has 0 aliphatic carbocycles. The number of nitrogens with one attached hydrogen (secondary N) is 2. The number of carbonyl (C=O) groups excluding carboxylic acids is 2. The van der Waals surface area contributed by atoms with E-state index in [4.69, 9.17) is 21.1 Å². The minimum Gasteiger partial charge on any atom is -0.497 e. The zero-order valence-corrected chi connectivity index (χ0v) is 18.9. The fourth-order valence-electron chi connectivity index (χ4n) is 3.18. The summed E-state index contributed by atoms with van der Waals surface area (Å²) in [4.78, 5) is 24.1. The molecule has 3 rings (SSSR count). The predicted octanol–water partition coefficient (Wildman–Crippen LogP) is 3.85. The van der Waals surface area contributed by atoms with E-state index in [-0.39, 0.29) is 0 Å². The van der Waals surface area contributed by atoms with Crippen molar-refractivity contribution in [3.8, 4) is 17.2 Å². The molecule has 1 aromatic heterocycles. The first-order chi connectivity index (χ1) is 15.3. The normalized spacial score (nSPS) is 10.8. The molecule has 0 bridgehead atoms. The fourth-order valence-corrected chi connectivity index (χ4v) is 3.44. The van der Waals surface area contributed by atoms with Crippen LogP contribution in [0.15, 0.2) is 53.6 Å². The number of carbonyl (C=O) groups is 2. The van der Waals surface area contributed by atoms with Gasteiger partial charge in [0.05, 0.1) is 25.5 Å². The third kappa shape index (κ3) is 5.09. The Labute approximate surface area is 190 Å². The van der Waals surface area contributed by atoms with E-state index in [2.05, 4.69) is 15.8 Å². The molecule has 0 aliphatic rings. The number of anilines is 1. The van der Waals surface area contributed by atoms with Crippen molar-refractivity contribution in [2.75, 3.05) is 19.5 Å². The summed E-state index contributed by atoms with van der Waals surface area (Å²) in [5.41, 5.74) is 6.21. The van der Waals surface area contributed by atoms with Crippen molar-refractivity contribution in [1.82, 2.24) is 9.99 Å². The zero-order valence-electron chi connectivity index (χ0n) is 18.1. The first-order valence-corrected chi connectivity index (χ1v) is 10.0. The molecule has 0 unspecified atom stereocenters. The fraction of sp³-hybridized carbons (Fsp3) is 0.174. The van der Waals surface area contributed by atoms with Gasteiger partial charge in [0.2, 0.25) is 0 Å². The van der Waals surface area contributed by atoms with Crippen LogP contribution in [-0.2, 0) is 9.59 Å². The van der Waals surface area contributed by atoms with Crippen molar-refractivity contribution >= 4 is 35.3 Å². The van der Waals surface area contributed by atoms with E-state index in [1.165, 1.54) is 6.21 Å². The maximum atomic E-state index is 12.0. The summed E-state index contributed by atoms with van der Waals surface area (Å²) in [5.74, 6) is -0.472. The largest absolute Gasteiger partial charge is 0.497 e. The van der Waals surface area contributed by atoms with Crippen LogP contribution in [0.1, 0.15) is 17.0 Å². The number of hydrazone groups is 1. The second-order valence-electron chi connectivity index (χ2n) is 6.86. The Morgan fingerprint density at radius 2 is 1.72 bits per heavy atom. The molecule has 3 aromatic rings. The smallest absolute Gasteiger partial charge is 0.329 e. The van der Waals surface area contributed by atoms with Crippen LogP contribution in [0.4, 0.5) is 5.69 Å². The lowest BCUT2D eigenvalue weighted by Gasteiger charge is -2.11. The molecule has 0 aliphatic heterocycles. The van der Waals surface area contributed by atoms with E-state index in [1.807, 2.05) is 36.6 Å². The van der Waals surface area contributed by atoms with Crippen LogP contribution < -0.4 is 20.2 Å². The maximum Gasteiger partial charge on any atom is 0.329 e. The SMILES string of the molecule is COc1ccc(NC(=O)C(=O)N/N=C\c2cc(C)n(-c3ccc(OC)c(Cl)c3)c2C)cc1. The summed E-state index contributed by atoms with van der Waals surface area (Å²) in [7, 11) is 3.11. The topological polar surface area (TPSA) is 94.0 Å². The van der Waals surface area contributed by atoms with E-state index in [1.54, 1.807) is 44.6 Å². The lowest BCUT2D eigenvalue weighted by atomic mass is 10.2. The second-order valence-corrected chi connectivity index (χ2v) is 7.27. The molecular weight excluding hydrogens is 432 g/mol. The Bertz CT molecular complexity index is 1170. The van der Waals surface area contributed by atoms with Crippen molar-refractivity contribution < 1.29 is 19.1 Å². The highest BCUT2D eigenvalue weighted by molar-refractivity contribution is 6.39. The average molecular weight is 455 g/mol. The highest BCUT2D eigenvalue weighted by atomic mass is 35.5. The minimum absolute atomic E-state index is 0.469. The van der Waals surface area contributed by atoms with Crippen LogP contribution >= 0.6 is 11.6 Å². The molecule has 0 saturated carbocycles. The van der Waals surface area contributed by atoms with E-state index < -0.39 is 11.8 Å². The molecule has 0 fully saturated rings. The van der Waals surface area contributed by atoms with Gasteiger partial charge in [0.15, 0.2) is 0 Å². The van der Waals surface area contributed by atoms with Gasteiger partial charge in [0, 0.05) is 28.3 Å². The van der Waals surface area contributed by atoms with Crippen LogP contribution in [0.5, 0.6) is 11.5 Å². The van der Waals surface area contributed by atoms with Gasteiger partial charge in [-0.3, -0.25) is 9.59 Å². The van der Waals surface area contributed by atoms with Gasteiger partial charge >= 0.3 is 11.8 Å². The standard InChI is InChI=1S/C23H23ClN4O4/c1-14-11-16(15(2)28(14)18-7-10-21(32-4)20(24)12-18)13-25-27-23(30)22(29)26-17-5-8-19(31-3)9-6-17/h5-13H,1-4H3,(H,26,29)(H,27,30)/b25-13-. The monoisotopic (exact) mass is 454 g/mol. The number of hydrogen-bond acceptors (Lipinski definition) is 5. The molecule has 9 heteroatoms. The van der Waals surface area contributed by atoms with Crippen LogP contribution in [-0.4, -0.2) is 36.8 Å². The van der Waals surface area contributed by atoms with Crippen molar-refractivity contribution in [2.45, 2.75) is 13.8 Å². The van der Waals surface area contributed by atoms with Crippen LogP contribution in [0.3, 0.4) is 0 Å². The van der Waals surface area contributed by atoms with Crippen molar-refractivity contribution in [1.29, 1.82) is 0 Å². The molecule has 166 valence electrons. The molecule has 0 atom stereocenters. The minimum atomic E-state index is -0.882. The summed E-state index contributed by atoms with van der Waals surface area (Å²) in [6.45, 7) is 3.87. The van der Waals surface area contributed by atoms with Crippen molar-refractivity contribution in [2.24, 2.45) is 5.10 Å². The summed E-state index contributed by atoms with van der Waals surface area (Å²) >= 11 is 6.26. The Hall–Kier alpha value is -3.78. The first kappa shape index (κ1) is 22.9. The number of rotatable bonds is 6. The van der Waals surface area contributed by atoms with Gasteiger partial charge in [-0.2, -0.15) is 5.10 Å². The summed E-state index contributed by atoms with van der Waals surface area (Å²) < 4.78 is 12.3. The van der Waals surface area contributed by atoms with E-state index in [9.17, 15) is 9.59 Å². The first-order valence-electron chi connectivity index (χ1n) is 9.65. The molecular formula is C23H23ClN4O4. The van der Waals surface area contributed by atoms with Gasteiger partial charge in [-0.05, 0) is 62.4 Å². The number of benzene rings is 2. The molecule has 1 heterocycles. The molecule has 2 N–H and O–H groups in total. The molecule has 8 nitrogen and oxygen atoms in total. The molecule has 0 spiro atoms. The van der Waals surface area contributed by atoms with Gasteiger partial charge in [-0.25, -0.2) is 5.43 Å². The van der Waals surface area contributed by atoms with Crippen molar-refractivity contribution in [3.05, 3.63) is 70.5 Å². The van der Waals surface area contributed by atoms with Crippen LogP contribution in [0.25, 0.3) is 5.69 Å². The molecule has 2 amide bonds. The third-order valence-corrected chi connectivity index (χ3v) is 5.08. The maximum absolute atomic E-state index is 12.0. The van der Waals surface area contributed by atoms with Gasteiger partial charge in [0.25, 0.3) is 0 Å². The number of nitrogens with zero attached hydrogens (tertiary/aromatic N) is 2. The van der Waals surface area contributed by atoms with E-state index in [0.29, 0.717) is 22.2 Å². The summed E-state index contributed by atoms with van der Waals surface area (Å²) in [5, 5.41) is 6.92. The van der Waals surface area contributed by atoms with Gasteiger partial charge in [-0.1, -0.05) is 11.6 Å². The highest BCUT2D eigenvalue weighted by Gasteiger charge is 2.14. The number of ether oxygens (including phenoxy) is 2. The van der Waals surface area contributed by atoms with Crippen molar-refractivity contribution in [3.63, 3.8) is 0 Å². The highest BCUT2D eigenvalue weighted by Crippen LogP contribution is 2.29. The Morgan fingerprint density at radius 3 is 2.34 bits per heavy atom. The van der Waals surface area contributed by atoms with E-state index >= 15 is 0 Å². The number of aromatic nitrogens is 1. The Kier molecular flexibility index (Phi) is 7.17. The lowest BCUT2D eigenvalue weighted by Crippen LogP contribution is -2.32. The van der Waals surface area contributed by atoms with E-state index in [0.717, 1.165) is 22.6 Å². The molecule has 32 heavy (non-hydrogen) atoms. The lowest BCUT2D eigenvalue weighted by molar-refractivity contribution is -0.136.